The predicted octanol–water partition coefficient (Wildman–Crippen LogP) is 5.23. The Bertz CT molecular complexity index is 1330. The van der Waals surface area contributed by atoms with Crippen LogP contribution in [0.4, 0.5) is 18.9 Å². The van der Waals surface area contributed by atoms with Crippen LogP contribution < -0.4 is 10.9 Å². The summed E-state index contributed by atoms with van der Waals surface area (Å²) in [6.07, 6.45) is -3.24. The van der Waals surface area contributed by atoms with Gasteiger partial charge in [0.25, 0.3) is 5.56 Å². The third-order valence-corrected chi connectivity index (χ3v) is 4.99. The number of amides is 1. The summed E-state index contributed by atoms with van der Waals surface area (Å²) in [4.78, 5) is 29.2. The number of rotatable bonds is 5. The number of nitrogens with zero attached hydrogens (tertiary/aromatic N) is 2. The van der Waals surface area contributed by atoms with Crippen LogP contribution in [0.15, 0.2) is 96.1 Å². The fraction of sp³-hybridized carbons (Fsp3) is 0.0800. The number of hydrogen-bond donors (Lipinski definition) is 1. The van der Waals surface area contributed by atoms with Crippen LogP contribution in [0, 0.1) is 0 Å². The molecule has 1 heterocycles. The number of alkyl halides is 3. The number of anilines is 1. The summed E-state index contributed by atoms with van der Waals surface area (Å²) in [5.74, 6) is -0.412. The molecule has 0 atom stereocenters. The van der Waals surface area contributed by atoms with E-state index in [0.717, 1.165) is 27.8 Å². The van der Waals surface area contributed by atoms with E-state index in [1.807, 2.05) is 42.5 Å². The van der Waals surface area contributed by atoms with Gasteiger partial charge >= 0.3 is 6.18 Å². The SMILES string of the molecule is O=C(Cn1cnc(-c2ccc(C(F)(F)F)cc2)cc1=O)Nc1ccccc1-c1ccccc1. The van der Waals surface area contributed by atoms with E-state index in [0.29, 0.717) is 11.3 Å². The van der Waals surface area contributed by atoms with Crippen molar-refractivity contribution in [1.82, 2.24) is 9.55 Å². The third-order valence-electron chi connectivity index (χ3n) is 4.99. The van der Waals surface area contributed by atoms with Crippen LogP contribution in [-0.2, 0) is 17.5 Å². The molecule has 0 aliphatic rings. The van der Waals surface area contributed by atoms with E-state index in [1.54, 1.807) is 12.1 Å². The molecule has 0 fully saturated rings. The van der Waals surface area contributed by atoms with Gasteiger partial charge in [-0.1, -0.05) is 60.7 Å². The number of aromatic nitrogens is 2. The van der Waals surface area contributed by atoms with Crippen LogP contribution in [-0.4, -0.2) is 15.5 Å². The van der Waals surface area contributed by atoms with Crippen molar-refractivity contribution < 1.29 is 18.0 Å². The summed E-state index contributed by atoms with van der Waals surface area (Å²) in [5.41, 5.74) is 1.70. The minimum absolute atomic E-state index is 0.222. The molecule has 4 rings (SSSR count). The summed E-state index contributed by atoms with van der Waals surface area (Å²) in [5, 5.41) is 2.82. The maximum absolute atomic E-state index is 12.7. The van der Waals surface area contributed by atoms with Crippen molar-refractivity contribution in [3.8, 4) is 22.4 Å². The van der Waals surface area contributed by atoms with E-state index in [2.05, 4.69) is 10.3 Å². The Morgan fingerprint density at radius 3 is 2.21 bits per heavy atom. The van der Waals surface area contributed by atoms with Gasteiger partial charge < -0.3 is 5.32 Å². The molecule has 8 heteroatoms. The normalized spacial score (nSPS) is 11.2. The Labute approximate surface area is 187 Å². The first kappa shape index (κ1) is 22.0. The van der Waals surface area contributed by atoms with Crippen LogP contribution in [0.25, 0.3) is 22.4 Å². The van der Waals surface area contributed by atoms with Gasteiger partial charge in [0.1, 0.15) is 6.54 Å². The van der Waals surface area contributed by atoms with Crippen molar-refractivity contribution in [2.45, 2.75) is 12.7 Å². The molecule has 5 nitrogen and oxygen atoms in total. The molecular formula is C25H18F3N3O2. The zero-order valence-corrected chi connectivity index (χ0v) is 17.2. The van der Waals surface area contributed by atoms with Gasteiger partial charge in [0, 0.05) is 22.9 Å². The van der Waals surface area contributed by atoms with Gasteiger partial charge in [-0.15, -0.1) is 0 Å². The number of benzene rings is 3. The van der Waals surface area contributed by atoms with Gasteiger partial charge in [-0.3, -0.25) is 14.2 Å². The van der Waals surface area contributed by atoms with Crippen molar-refractivity contribution in [2.24, 2.45) is 0 Å². The van der Waals surface area contributed by atoms with Crippen molar-refractivity contribution in [2.75, 3.05) is 5.32 Å². The molecule has 1 N–H and O–H groups in total. The Morgan fingerprint density at radius 1 is 0.879 bits per heavy atom. The molecule has 1 amide bonds. The number of hydrogen-bond acceptors (Lipinski definition) is 3. The second-order valence-electron chi connectivity index (χ2n) is 7.28. The number of carbonyl (C=O) groups is 1. The average molecular weight is 449 g/mol. The summed E-state index contributed by atoms with van der Waals surface area (Å²) >= 11 is 0. The molecule has 0 radical (unpaired) electrons. The zero-order valence-electron chi connectivity index (χ0n) is 17.2. The van der Waals surface area contributed by atoms with Gasteiger partial charge in [0.15, 0.2) is 0 Å². The van der Waals surface area contributed by atoms with E-state index in [9.17, 15) is 22.8 Å². The van der Waals surface area contributed by atoms with Crippen molar-refractivity contribution in [3.05, 3.63) is 107 Å². The average Bonchev–Trinajstić information content (AvgIpc) is 2.81. The molecule has 4 aromatic rings. The lowest BCUT2D eigenvalue weighted by molar-refractivity contribution is -0.137. The van der Waals surface area contributed by atoms with E-state index in [1.165, 1.54) is 24.5 Å². The number of halogens is 3. The summed E-state index contributed by atoms with van der Waals surface area (Å²) in [6, 6.07) is 22.4. The minimum atomic E-state index is -4.44. The van der Waals surface area contributed by atoms with Gasteiger partial charge in [-0.2, -0.15) is 13.2 Å². The Hall–Kier alpha value is -4.20. The quantitative estimate of drug-likeness (QED) is 0.454. The monoisotopic (exact) mass is 449 g/mol. The first-order chi connectivity index (χ1) is 15.8. The van der Waals surface area contributed by atoms with Crippen LogP contribution in [0.3, 0.4) is 0 Å². The highest BCUT2D eigenvalue weighted by Gasteiger charge is 2.30. The molecule has 0 unspecified atom stereocenters. The zero-order chi connectivity index (χ0) is 23.4. The second kappa shape index (κ2) is 9.12. The van der Waals surface area contributed by atoms with E-state index in [4.69, 9.17) is 0 Å². The third kappa shape index (κ3) is 5.17. The Kier molecular flexibility index (Phi) is 6.08. The summed E-state index contributed by atoms with van der Waals surface area (Å²) in [6.45, 7) is -0.262. The number of carbonyl (C=O) groups excluding carboxylic acids is 1. The van der Waals surface area contributed by atoms with E-state index < -0.39 is 23.2 Å². The fourth-order valence-corrected chi connectivity index (χ4v) is 3.34. The summed E-state index contributed by atoms with van der Waals surface area (Å²) in [7, 11) is 0. The molecule has 0 spiro atoms. The molecule has 1 aromatic heterocycles. The summed E-state index contributed by atoms with van der Waals surface area (Å²) < 4.78 is 39.3. The molecule has 3 aromatic carbocycles. The predicted molar refractivity (Wildman–Crippen MR) is 119 cm³/mol. The lowest BCUT2D eigenvalue weighted by Crippen LogP contribution is -2.27. The smallest absolute Gasteiger partial charge is 0.324 e. The Balaban J connectivity index is 1.50. The standard InChI is InChI=1S/C25H18F3N3O2/c26-25(27,28)19-12-10-18(11-13-19)22-14-24(33)31(16-29-22)15-23(32)30-21-9-5-4-8-20(21)17-6-2-1-3-7-17/h1-14,16H,15H2,(H,30,32). The van der Waals surface area contributed by atoms with Crippen LogP contribution in [0.5, 0.6) is 0 Å². The molecule has 0 aliphatic heterocycles. The van der Waals surface area contributed by atoms with E-state index in [-0.39, 0.29) is 12.2 Å². The highest BCUT2D eigenvalue weighted by molar-refractivity contribution is 5.95. The molecule has 0 bridgehead atoms. The molecule has 166 valence electrons. The van der Waals surface area contributed by atoms with Crippen LogP contribution >= 0.6 is 0 Å². The molecule has 0 aliphatic carbocycles. The van der Waals surface area contributed by atoms with Gasteiger partial charge in [-0.25, -0.2) is 4.98 Å². The highest BCUT2D eigenvalue weighted by atomic mass is 19.4. The van der Waals surface area contributed by atoms with Crippen molar-refractivity contribution >= 4 is 11.6 Å². The lowest BCUT2D eigenvalue weighted by Gasteiger charge is -2.12. The second-order valence-corrected chi connectivity index (χ2v) is 7.28. The lowest BCUT2D eigenvalue weighted by atomic mass is 10.0. The minimum Gasteiger partial charge on any atom is -0.324 e. The highest BCUT2D eigenvalue weighted by Crippen LogP contribution is 2.30. The van der Waals surface area contributed by atoms with Crippen LogP contribution in [0.2, 0.25) is 0 Å². The maximum atomic E-state index is 12.7. The fourth-order valence-electron chi connectivity index (χ4n) is 3.34. The topological polar surface area (TPSA) is 64.0 Å². The van der Waals surface area contributed by atoms with Gasteiger partial charge in [0.05, 0.1) is 17.6 Å². The maximum Gasteiger partial charge on any atom is 0.416 e. The first-order valence-electron chi connectivity index (χ1n) is 10.00. The van der Waals surface area contributed by atoms with E-state index >= 15 is 0 Å². The largest absolute Gasteiger partial charge is 0.416 e. The van der Waals surface area contributed by atoms with Crippen LogP contribution in [0.1, 0.15) is 5.56 Å². The Morgan fingerprint density at radius 2 is 1.55 bits per heavy atom. The molecular weight excluding hydrogens is 431 g/mol. The van der Waals surface area contributed by atoms with Gasteiger partial charge in [0.2, 0.25) is 5.91 Å². The van der Waals surface area contributed by atoms with Crippen molar-refractivity contribution in [1.29, 1.82) is 0 Å². The molecule has 0 saturated heterocycles. The molecule has 33 heavy (non-hydrogen) atoms. The first-order valence-corrected chi connectivity index (χ1v) is 10.00. The molecule has 0 saturated carbocycles. The van der Waals surface area contributed by atoms with Crippen molar-refractivity contribution in [3.63, 3.8) is 0 Å². The van der Waals surface area contributed by atoms with Gasteiger partial charge in [-0.05, 0) is 23.8 Å². The number of para-hydroxylation sites is 1. The number of nitrogens with one attached hydrogen (secondary N) is 1.